The fourth-order valence-electron chi connectivity index (χ4n) is 4.01. The molecule has 3 aromatic rings. The van der Waals surface area contributed by atoms with Gasteiger partial charge in [-0.2, -0.15) is 9.66 Å². The first-order chi connectivity index (χ1) is 12.2. The molecule has 0 bridgehead atoms. The second-order valence-corrected chi connectivity index (χ2v) is 6.88. The maximum Gasteiger partial charge on any atom is 0.250 e. The second kappa shape index (κ2) is 6.05. The molecule has 5 heteroatoms. The van der Waals surface area contributed by atoms with Crippen LogP contribution in [0.2, 0.25) is 0 Å². The highest BCUT2D eigenvalue weighted by atomic mass is 15.3. The number of piperazine rings is 1. The Morgan fingerprint density at radius 1 is 1.20 bits per heavy atom. The quantitative estimate of drug-likeness (QED) is 0.732. The summed E-state index contributed by atoms with van der Waals surface area (Å²) in [6, 6.07) is 10.7. The van der Waals surface area contributed by atoms with Crippen molar-refractivity contribution in [2.75, 3.05) is 38.1 Å². The monoisotopic (exact) mass is 334 g/mol. The summed E-state index contributed by atoms with van der Waals surface area (Å²) < 4.78 is 2.27. The van der Waals surface area contributed by atoms with Crippen LogP contribution in [0, 0.1) is 18.3 Å². The Morgan fingerprint density at radius 3 is 2.60 bits per heavy atom. The normalized spacial score (nSPS) is 15.8. The molecule has 0 spiro atoms. The van der Waals surface area contributed by atoms with Crippen molar-refractivity contribution in [2.45, 2.75) is 20.3 Å². The number of pyridine rings is 1. The standard InChI is InChI=1S/C20H23N5/c1-4-15-14(2)16(13-21)19-22-17-7-5-6-8-18(17)25(19)20(15)24-11-9-23(3)10-12-24/h5-8H,4,9-12H2,1-3H3/p+1. The van der Waals surface area contributed by atoms with Crippen LogP contribution in [0.15, 0.2) is 24.3 Å². The molecule has 4 rings (SSSR count). The van der Waals surface area contributed by atoms with Crippen LogP contribution in [0.3, 0.4) is 0 Å². The molecule has 1 fully saturated rings. The first-order valence-corrected chi connectivity index (χ1v) is 8.97. The molecule has 0 aliphatic carbocycles. The summed E-state index contributed by atoms with van der Waals surface area (Å²) in [7, 11) is 2.18. The van der Waals surface area contributed by atoms with Gasteiger partial charge in [0.25, 0.3) is 0 Å². The zero-order valence-corrected chi connectivity index (χ0v) is 15.1. The summed E-state index contributed by atoms with van der Waals surface area (Å²) in [5, 5.41) is 9.79. The Morgan fingerprint density at radius 2 is 1.92 bits per heavy atom. The van der Waals surface area contributed by atoms with Crippen molar-refractivity contribution in [2.24, 2.45) is 0 Å². The summed E-state index contributed by atoms with van der Waals surface area (Å²) in [4.78, 5) is 8.34. The lowest BCUT2D eigenvalue weighted by atomic mass is 10.0. The topological polar surface area (TPSA) is 50.2 Å². The van der Waals surface area contributed by atoms with Gasteiger partial charge in [0.05, 0.1) is 13.1 Å². The van der Waals surface area contributed by atoms with E-state index < -0.39 is 0 Å². The average Bonchev–Trinajstić information content (AvgIpc) is 3.00. The number of nitrogens with zero attached hydrogens (tertiary/aromatic N) is 4. The second-order valence-electron chi connectivity index (χ2n) is 6.88. The maximum atomic E-state index is 9.79. The van der Waals surface area contributed by atoms with Crippen LogP contribution in [-0.2, 0) is 6.42 Å². The van der Waals surface area contributed by atoms with E-state index in [0.29, 0.717) is 0 Å². The van der Waals surface area contributed by atoms with Gasteiger partial charge < -0.3 is 4.90 Å². The maximum absolute atomic E-state index is 9.79. The molecule has 1 aliphatic heterocycles. The molecular weight excluding hydrogens is 310 g/mol. The average molecular weight is 334 g/mol. The summed E-state index contributed by atoms with van der Waals surface area (Å²) in [6.07, 6.45) is 0.921. The Bertz CT molecular complexity index is 987. The minimum Gasteiger partial charge on any atom is -0.300 e. The fourth-order valence-corrected chi connectivity index (χ4v) is 4.01. The summed E-state index contributed by atoms with van der Waals surface area (Å²) >= 11 is 0. The van der Waals surface area contributed by atoms with E-state index in [2.05, 4.69) is 64.3 Å². The van der Waals surface area contributed by atoms with Crippen molar-refractivity contribution in [1.82, 2.24) is 9.88 Å². The SMILES string of the molecule is CCc1c(C)c(C#N)c2[nH]c3ccccc3[n+]2c1N1CCN(C)CC1. The van der Waals surface area contributed by atoms with Crippen LogP contribution in [0.4, 0.5) is 5.82 Å². The van der Waals surface area contributed by atoms with Gasteiger partial charge in [0, 0.05) is 18.7 Å². The number of hydrogen-bond donors (Lipinski definition) is 1. The molecule has 1 saturated heterocycles. The highest BCUT2D eigenvalue weighted by Crippen LogP contribution is 2.28. The third-order valence-corrected chi connectivity index (χ3v) is 5.44. The molecular formula is C20H24N5+. The Kier molecular flexibility index (Phi) is 3.85. The van der Waals surface area contributed by atoms with Crippen LogP contribution < -0.4 is 9.30 Å². The van der Waals surface area contributed by atoms with Crippen molar-refractivity contribution < 1.29 is 4.40 Å². The number of aromatic nitrogens is 2. The number of benzene rings is 1. The lowest BCUT2D eigenvalue weighted by molar-refractivity contribution is -0.468. The van der Waals surface area contributed by atoms with E-state index >= 15 is 0 Å². The minimum atomic E-state index is 0.755. The highest BCUT2D eigenvalue weighted by Gasteiger charge is 2.30. The number of para-hydroxylation sites is 2. The van der Waals surface area contributed by atoms with Gasteiger partial charge in [-0.3, -0.25) is 9.88 Å². The molecule has 5 nitrogen and oxygen atoms in total. The lowest BCUT2D eigenvalue weighted by Gasteiger charge is -2.31. The van der Waals surface area contributed by atoms with Crippen LogP contribution in [0.5, 0.6) is 0 Å². The van der Waals surface area contributed by atoms with Gasteiger partial charge >= 0.3 is 0 Å². The predicted octanol–water partition coefficient (Wildman–Crippen LogP) is 2.40. The molecule has 25 heavy (non-hydrogen) atoms. The minimum absolute atomic E-state index is 0.755. The number of aromatic amines is 1. The van der Waals surface area contributed by atoms with E-state index in [1.165, 1.54) is 11.4 Å². The molecule has 1 aliphatic rings. The van der Waals surface area contributed by atoms with Crippen LogP contribution in [-0.4, -0.2) is 43.1 Å². The van der Waals surface area contributed by atoms with Gasteiger partial charge in [0.15, 0.2) is 0 Å². The molecule has 128 valence electrons. The van der Waals surface area contributed by atoms with E-state index in [-0.39, 0.29) is 0 Å². The molecule has 0 radical (unpaired) electrons. The summed E-state index contributed by atoms with van der Waals surface area (Å²) in [5.41, 5.74) is 6.26. The Labute approximate surface area is 148 Å². The Balaban J connectivity index is 2.10. The number of nitrogens with one attached hydrogen (secondary N) is 1. The van der Waals surface area contributed by atoms with Gasteiger partial charge in [0.2, 0.25) is 11.5 Å². The first kappa shape index (κ1) is 15.9. The predicted molar refractivity (Wildman–Crippen MR) is 100.0 cm³/mol. The number of fused-ring (bicyclic) bond motifs is 3. The van der Waals surface area contributed by atoms with Crippen LogP contribution in [0.1, 0.15) is 23.6 Å². The molecule has 3 heterocycles. The Hall–Kier alpha value is -2.58. The van der Waals surface area contributed by atoms with E-state index in [9.17, 15) is 5.26 Å². The summed E-state index contributed by atoms with van der Waals surface area (Å²) in [6.45, 7) is 8.42. The van der Waals surface area contributed by atoms with E-state index in [1.807, 2.05) is 6.07 Å². The smallest absolute Gasteiger partial charge is 0.250 e. The highest BCUT2D eigenvalue weighted by molar-refractivity contribution is 5.78. The van der Waals surface area contributed by atoms with Crippen LogP contribution in [0.25, 0.3) is 16.7 Å². The van der Waals surface area contributed by atoms with Crippen molar-refractivity contribution in [3.8, 4) is 6.07 Å². The van der Waals surface area contributed by atoms with Crippen molar-refractivity contribution in [3.05, 3.63) is 41.0 Å². The van der Waals surface area contributed by atoms with Gasteiger partial charge in [-0.25, -0.2) is 0 Å². The summed E-state index contributed by atoms with van der Waals surface area (Å²) in [5.74, 6) is 1.25. The van der Waals surface area contributed by atoms with Gasteiger partial charge in [0.1, 0.15) is 22.7 Å². The first-order valence-electron chi connectivity index (χ1n) is 8.97. The number of nitriles is 1. The zero-order valence-electron chi connectivity index (χ0n) is 15.1. The van der Waals surface area contributed by atoms with Gasteiger partial charge in [-0.1, -0.05) is 19.1 Å². The van der Waals surface area contributed by atoms with Crippen molar-refractivity contribution >= 4 is 22.5 Å². The zero-order chi connectivity index (χ0) is 17.6. The lowest BCUT2D eigenvalue weighted by Crippen LogP contribution is -2.48. The van der Waals surface area contributed by atoms with Gasteiger partial charge in [-0.05, 0) is 38.1 Å². The number of anilines is 1. The van der Waals surface area contributed by atoms with Crippen molar-refractivity contribution in [1.29, 1.82) is 5.26 Å². The number of H-pyrrole nitrogens is 1. The van der Waals surface area contributed by atoms with E-state index in [1.54, 1.807) is 0 Å². The molecule has 2 aromatic heterocycles. The number of imidazole rings is 1. The molecule has 0 saturated carbocycles. The largest absolute Gasteiger partial charge is 0.300 e. The number of hydrogen-bond acceptors (Lipinski definition) is 3. The molecule has 0 amide bonds. The van der Waals surface area contributed by atoms with Crippen LogP contribution >= 0.6 is 0 Å². The number of rotatable bonds is 2. The number of likely N-dealkylation sites (N-methyl/N-ethyl adjacent to an activating group) is 1. The molecule has 0 unspecified atom stereocenters. The third-order valence-electron chi connectivity index (χ3n) is 5.44. The third kappa shape index (κ3) is 2.37. The fraction of sp³-hybridized carbons (Fsp3) is 0.400. The van der Waals surface area contributed by atoms with Crippen molar-refractivity contribution in [3.63, 3.8) is 0 Å². The van der Waals surface area contributed by atoms with E-state index in [4.69, 9.17) is 0 Å². The van der Waals surface area contributed by atoms with E-state index in [0.717, 1.165) is 60.4 Å². The molecule has 1 N–H and O–H groups in total. The molecule has 0 atom stereocenters. The van der Waals surface area contributed by atoms with Gasteiger partial charge in [-0.15, -0.1) is 0 Å². The molecule has 1 aromatic carbocycles.